The molecule has 0 radical (unpaired) electrons. The summed E-state index contributed by atoms with van der Waals surface area (Å²) >= 11 is 0. The van der Waals surface area contributed by atoms with E-state index in [-0.39, 0.29) is 34.9 Å². The Balaban J connectivity index is 0.00000400. The molecular weight excluding hydrogens is 403 g/mol. The van der Waals surface area contributed by atoms with Crippen molar-refractivity contribution in [1.29, 1.82) is 0 Å². The third-order valence-corrected chi connectivity index (χ3v) is 3.37. The topological polar surface area (TPSA) is 96.6 Å². The van der Waals surface area contributed by atoms with Gasteiger partial charge in [0.25, 0.3) is 0 Å². The van der Waals surface area contributed by atoms with E-state index in [1.54, 1.807) is 12.1 Å². The lowest BCUT2D eigenvalue weighted by Gasteiger charge is -2.13. The minimum absolute atomic E-state index is 0. The summed E-state index contributed by atoms with van der Waals surface area (Å²) in [6.45, 7) is 7.32. The Bertz CT molecular complexity index is 556. The van der Waals surface area contributed by atoms with Crippen molar-refractivity contribution in [2.75, 3.05) is 6.54 Å². The molecule has 0 amide bonds. The van der Waals surface area contributed by atoms with E-state index in [0.29, 0.717) is 6.54 Å². The summed E-state index contributed by atoms with van der Waals surface area (Å²) < 4.78 is 22.3. The predicted molar refractivity (Wildman–Crippen MR) is 96.3 cm³/mol. The van der Waals surface area contributed by atoms with E-state index in [1.165, 1.54) is 12.1 Å². The maximum Gasteiger partial charge on any atom is 0.238 e. The predicted octanol–water partition coefficient (Wildman–Crippen LogP) is 1.42. The van der Waals surface area contributed by atoms with E-state index in [2.05, 4.69) is 15.6 Å². The maximum atomic E-state index is 11.1. The van der Waals surface area contributed by atoms with E-state index in [4.69, 9.17) is 5.14 Å². The van der Waals surface area contributed by atoms with Gasteiger partial charge >= 0.3 is 0 Å². The van der Waals surface area contributed by atoms with Gasteiger partial charge in [0.1, 0.15) is 0 Å². The normalized spacial score (nSPS) is 12.0. The van der Waals surface area contributed by atoms with E-state index in [0.717, 1.165) is 18.1 Å². The van der Waals surface area contributed by atoms with Gasteiger partial charge in [0.2, 0.25) is 10.0 Å². The number of nitrogens with zero attached hydrogens (tertiary/aromatic N) is 1. The summed E-state index contributed by atoms with van der Waals surface area (Å²) in [5.41, 5.74) is 0.915. The Hall–Kier alpha value is -0.870. The average Bonchev–Trinajstić information content (AvgIpc) is 2.35. The van der Waals surface area contributed by atoms with Gasteiger partial charge in [-0.15, -0.1) is 24.0 Å². The molecule has 120 valence electrons. The Morgan fingerprint density at radius 2 is 1.86 bits per heavy atom. The molecule has 0 saturated carbocycles. The van der Waals surface area contributed by atoms with Crippen molar-refractivity contribution < 1.29 is 8.42 Å². The zero-order chi connectivity index (χ0) is 15.2. The fraction of sp³-hybridized carbons (Fsp3) is 0.462. The molecular formula is C13H23IN4O2S. The van der Waals surface area contributed by atoms with Crippen LogP contribution in [0.1, 0.15) is 26.3 Å². The number of aliphatic imine (C=N–C) groups is 1. The lowest BCUT2D eigenvalue weighted by Crippen LogP contribution is -2.40. The van der Waals surface area contributed by atoms with Crippen LogP contribution in [0.3, 0.4) is 0 Å². The van der Waals surface area contributed by atoms with Crippen LogP contribution in [-0.4, -0.2) is 27.0 Å². The third kappa shape index (κ3) is 7.63. The Morgan fingerprint density at radius 1 is 1.29 bits per heavy atom. The van der Waals surface area contributed by atoms with Crippen LogP contribution in [0.25, 0.3) is 0 Å². The molecule has 0 aliphatic heterocycles. The molecule has 0 aliphatic rings. The average molecular weight is 426 g/mol. The Morgan fingerprint density at radius 3 is 2.29 bits per heavy atom. The van der Waals surface area contributed by atoms with E-state index in [1.807, 2.05) is 20.8 Å². The smallest absolute Gasteiger partial charge is 0.238 e. The first-order valence-corrected chi connectivity index (χ1v) is 8.04. The van der Waals surface area contributed by atoms with Gasteiger partial charge in [0.15, 0.2) is 5.96 Å². The van der Waals surface area contributed by atoms with Gasteiger partial charge < -0.3 is 10.6 Å². The van der Waals surface area contributed by atoms with Crippen LogP contribution in [0, 0.1) is 0 Å². The van der Waals surface area contributed by atoms with Crippen molar-refractivity contribution in [3.63, 3.8) is 0 Å². The highest BCUT2D eigenvalue weighted by Crippen LogP contribution is 2.09. The number of benzene rings is 1. The number of hydrogen-bond donors (Lipinski definition) is 3. The first kappa shape index (κ1) is 20.1. The second kappa shape index (κ2) is 9.21. The van der Waals surface area contributed by atoms with E-state index < -0.39 is 10.0 Å². The summed E-state index contributed by atoms with van der Waals surface area (Å²) in [7, 11) is -3.64. The number of primary sulfonamides is 1. The molecule has 4 N–H and O–H groups in total. The van der Waals surface area contributed by atoms with Crippen LogP contribution in [-0.2, 0) is 16.6 Å². The molecule has 0 heterocycles. The zero-order valence-electron chi connectivity index (χ0n) is 12.5. The van der Waals surface area contributed by atoms with Crippen LogP contribution in [0.4, 0.5) is 0 Å². The maximum absolute atomic E-state index is 11.1. The molecule has 1 aromatic carbocycles. The van der Waals surface area contributed by atoms with Crippen LogP contribution in [0.5, 0.6) is 0 Å². The third-order valence-electron chi connectivity index (χ3n) is 2.44. The van der Waals surface area contributed by atoms with Gasteiger partial charge in [-0.05, 0) is 38.5 Å². The first-order chi connectivity index (χ1) is 9.32. The second-order valence-electron chi connectivity index (χ2n) is 4.68. The summed E-state index contributed by atoms with van der Waals surface area (Å²) in [6.07, 6.45) is 0. The molecule has 21 heavy (non-hydrogen) atoms. The number of sulfonamides is 1. The van der Waals surface area contributed by atoms with Gasteiger partial charge in [-0.1, -0.05) is 12.1 Å². The number of hydrogen-bond acceptors (Lipinski definition) is 3. The van der Waals surface area contributed by atoms with Crippen LogP contribution < -0.4 is 15.8 Å². The van der Waals surface area contributed by atoms with Crippen LogP contribution >= 0.6 is 24.0 Å². The minimum atomic E-state index is -3.64. The highest BCUT2D eigenvalue weighted by Gasteiger charge is 2.06. The van der Waals surface area contributed by atoms with Crippen molar-refractivity contribution in [3.8, 4) is 0 Å². The molecule has 0 atom stereocenters. The Labute approximate surface area is 143 Å². The van der Waals surface area contributed by atoms with E-state index in [9.17, 15) is 8.42 Å². The number of halogens is 1. The number of nitrogens with one attached hydrogen (secondary N) is 2. The van der Waals surface area contributed by atoms with Gasteiger partial charge in [-0.25, -0.2) is 18.5 Å². The molecule has 0 saturated heterocycles. The van der Waals surface area contributed by atoms with E-state index >= 15 is 0 Å². The summed E-state index contributed by atoms with van der Waals surface area (Å²) in [5, 5.41) is 11.4. The molecule has 0 bridgehead atoms. The van der Waals surface area contributed by atoms with Crippen molar-refractivity contribution in [2.24, 2.45) is 10.1 Å². The summed E-state index contributed by atoms with van der Waals surface area (Å²) in [5.74, 6) is 0.734. The van der Waals surface area contributed by atoms with Gasteiger partial charge in [0.05, 0.1) is 11.4 Å². The van der Waals surface area contributed by atoms with Crippen molar-refractivity contribution in [1.82, 2.24) is 10.6 Å². The van der Waals surface area contributed by atoms with Gasteiger partial charge in [-0.2, -0.15) is 0 Å². The molecule has 0 fully saturated rings. The largest absolute Gasteiger partial charge is 0.357 e. The van der Waals surface area contributed by atoms with Gasteiger partial charge in [-0.3, -0.25) is 0 Å². The second-order valence-corrected chi connectivity index (χ2v) is 6.24. The van der Waals surface area contributed by atoms with Crippen LogP contribution in [0.2, 0.25) is 0 Å². The zero-order valence-corrected chi connectivity index (χ0v) is 15.6. The quantitative estimate of drug-likeness (QED) is 0.377. The fourth-order valence-electron chi connectivity index (χ4n) is 1.55. The number of rotatable bonds is 5. The SMILES string of the molecule is CCNC(=NCc1ccc(S(N)(=O)=O)cc1)NC(C)C.I. The number of nitrogens with two attached hydrogens (primary N) is 1. The lowest BCUT2D eigenvalue weighted by atomic mass is 10.2. The molecule has 1 rings (SSSR count). The molecule has 0 aliphatic carbocycles. The fourth-order valence-corrected chi connectivity index (χ4v) is 2.06. The molecule has 6 nitrogen and oxygen atoms in total. The minimum Gasteiger partial charge on any atom is -0.357 e. The highest BCUT2D eigenvalue weighted by molar-refractivity contribution is 14.0. The highest BCUT2D eigenvalue weighted by atomic mass is 127. The summed E-state index contributed by atoms with van der Waals surface area (Å²) in [4.78, 5) is 4.54. The van der Waals surface area contributed by atoms with Gasteiger partial charge in [0, 0.05) is 12.6 Å². The molecule has 0 unspecified atom stereocenters. The van der Waals surface area contributed by atoms with Crippen molar-refractivity contribution >= 4 is 40.0 Å². The monoisotopic (exact) mass is 426 g/mol. The molecule has 1 aromatic rings. The van der Waals surface area contributed by atoms with Crippen molar-refractivity contribution in [3.05, 3.63) is 29.8 Å². The molecule has 0 aromatic heterocycles. The lowest BCUT2D eigenvalue weighted by molar-refractivity contribution is 0.597. The molecule has 8 heteroatoms. The first-order valence-electron chi connectivity index (χ1n) is 6.49. The Kier molecular flexibility index (Phi) is 8.83. The van der Waals surface area contributed by atoms with Crippen molar-refractivity contribution in [2.45, 2.75) is 38.3 Å². The molecule has 0 spiro atoms. The van der Waals surface area contributed by atoms with Crippen LogP contribution in [0.15, 0.2) is 34.2 Å². The number of guanidine groups is 1. The standard InChI is InChI=1S/C13H22N4O2S.HI/c1-4-15-13(17-10(2)3)16-9-11-5-7-12(8-6-11)20(14,18)19;/h5-8,10H,4,9H2,1-3H3,(H2,14,18,19)(H2,15,16,17);1H. The summed E-state index contributed by atoms with van der Waals surface area (Å²) in [6, 6.07) is 6.69.